The summed E-state index contributed by atoms with van der Waals surface area (Å²) >= 11 is 1.77. The number of benzene rings is 1. The number of carbonyl (C=O) groups is 2. The number of hydrogen-bond donors (Lipinski definition) is 1. The largest absolute Gasteiger partial charge is 0.378 e. The van der Waals surface area contributed by atoms with Gasteiger partial charge in [0.15, 0.2) is 0 Å². The first-order valence-electron chi connectivity index (χ1n) is 18.1. The molecule has 8 heteroatoms. The number of aromatic amines is 1. The summed E-state index contributed by atoms with van der Waals surface area (Å²) in [6.45, 7) is 18.7. The molecule has 1 N–H and O–H groups in total. The number of ether oxygens (including phenoxy) is 1. The zero-order chi connectivity index (χ0) is 33.1. The van der Waals surface area contributed by atoms with E-state index in [4.69, 9.17) is 4.74 Å². The second-order valence-corrected chi connectivity index (χ2v) is 17.1. The summed E-state index contributed by atoms with van der Waals surface area (Å²) in [5.74, 6) is 0.989. The van der Waals surface area contributed by atoms with Crippen LogP contribution in [0.4, 0.5) is 0 Å². The van der Waals surface area contributed by atoms with Gasteiger partial charge in [0.2, 0.25) is 11.8 Å². The van der Waals surface area contributed by atoms with E-state index in [0.29, 0.717) is 56.1 Å². The van der Waals surface area contributed by atoms with Gasteiger partial charge < -0.3 is 24.4 Å². The third kappa shape index (κ3) is 6.08. The van der Waals surface area contributed by atoms with E-state index >= 15 is 0 Å². The summed E-state index contributed by atoms with van der Waals surface area (Å²) in [4.78, 5) is 40.6. The number of hydrogen-bond acceptors (Lipinski definition) is 5. The van der Waals surface area contributed by atoms with E-state index in [1.165, 1.54) is 63.8 Å². The fourth-order valence-electron chi connectivity index (χ4n) is 9.13. The minimum absolute atomic E-state index is 0.291. The molecule has 4 fully saturated rings. The van der Waals surface area contributed by atoms with Crippen LogP contribution in [0.1, 0.15) is 87.8 Å². The molecule has 4 saturated heterocycles. The minimum Gasteiger partial charge on any atom is -0.378 e. The normalized spacial score (nSPS) is 22.9. The number of nitrogens with zero attached hydrogens (tertiary/aromatic N) is 3. The van der Waals surface area contributed by atoms with Gasteiger partial charge in [-0.3, -0.25) is 9.59 Å². The number of amides is 2. The molecule has 0 aliphatic carbocycles. The predicted molar refractivity (Wildman–Crippen MR) is 191 cm³/mol. The van der Waals surface area contributed by atoms with Crippen molar-refractivity contribution in [1.82, 2.24) is 19.7 Å². The third-order valence-electron chi connectivity index (χ3n) is 12.1. The van der Waals surface area contributed by atoms with Crippen LogP contribution in [0, 0.1) is 25.2 Å². The Bertz CT molecular complexity index is 1600. The highest BCUT2D eigenvalue weighted by Crippen LogP contribution is 2.45. The number of nitrogens with one attached hydrogen (secondary N) is 1. The Morgan fingerprint density at radius 1 is 0.851 bits per heavy atom. The molecule has 47 heavy (non-hydrogen) atoms. The first kappa shape index (κ1) is 32.8. The van der Waals surface area contributed by atoms with Gasteiger partial charge in [0, 0.05) is 47.4 Å². The van der Waals surface area contributed by atoms with Crippen LogP contribution in [-0.4, -0.2) is 89.5 Å². The van der Waals surface area contributed by atoms with Gasteiger partial charge in [-0.2, -0.15) is 0 Å². The topological polar surface area (TPSA) is 68.9 Å². The van der Waals surface area contributed by atoms with Crippen molar-refractivity contribution in [1.29, 1.82) is 0 Å². The quantitative estimate of drug-likeness (QED) is 0.281. The number of piperidine rings is 1. The molecule has 7 rings (SSSR count). The number of carbonyl (C=O) groups excluding carboxylic acids is 2. The Kier molecular flexibility index (Phi) is 8.84. The lowest BCUT2D eigenvalue weighted by Gasteiger charge is -2.42. The van der Waals surface area contributed by atoms with E-state index < -0.39 is 5.41 Å². The molecule has 3 aromatic rings. The van der Waals surface area contributed by atoms with Crippen molar-refractivity contribution >= 4 is 33.4 Å². The number of likely N-dealkylation sites (tertiary alicyclic amines) is 1. The van der Waals surface area contributed by atoms with Crippen molar-refractivity contribution < 1.29 is 14.3 Å². The van der Waals surface area contributed by atoms with Gasteiger partial charge in [-0.05, 0) is 121 Å². The molecule has 0 unspecified atom stereocenters. The lowest BCUT2D eigenvalue weighted by Crippen LogP contribution is -2.51. The first-order chi connectivity index (χ1) is 22.4. The van der Waals surface area contributed by atoms with Gasteiger partial charge in [-0.1, -0.05) is 31.0 Å². The molecule has 0 atom stereocenters. The average molecular weight is 659 g/mol. The van der Waals surface area contributed by atoms with E-state index in [-0.39, 0.29) is 5.41 Å². The van der Waals surface area contributed by atoms with Crippen LogP contribution in [-0.2, 0) is 26.2 Å². The van der Waals surface area contributed by atoms with Crippen LogP contribution in [0.3, 0.4) is 0 Å². The highest BCUT2D eigenvalue weighted by Gasteiger charge is 2.47. The van der Waals surface area contributed by atoms with Crippen molar-refractivity contribution in [2.75, 3.05) is 45.9 Å². The maximum Gasteiger partial charge on any atom is 0.233 e. The number of aromatic nitrogens is 1. The fraction of sp³-hybridized carbons (Fsp3) is 0.641. The molecule has 2 amide bonds. The summed E-state index contributed by atoms with van der Waals surface area (Å²) in [7, 11) is 0. The molecule has 0 radical (unpaired) electrons. The van der Waals surface area contributed by atoms with Crippen molar-refractivity contribution in [3.63, 3.8) is 0 Å². The number of morpholine rings is 1. The van der Waals surface area contributed by atoms with E-state index in [0.717, 1.165) is 43.8 Å². The molecule has 254 valence electrons. The molecule has 2 aromatic heterocycles. The van der Waals surface area contributed by atoms with E-state index in [9.17, 15) is 9.59 Å². The summed E-state index contributed by atoms with van der Waals surface area (Å²) in [6.07, 6.45) is 7.71. The van der Waals surface area contributed by atoms with Crippen molar-refractivity contribution in [2.24, 2.45) is 11.3 Å². The Labute approximate surface area is 285 Å². The molecule has 4 aliphatic heterocycles. The molecule has 7 nitrogen and oxygen atoms in total. The van der Waals surface area contributed by atoms with E-state index in [2.05, 4.69) is 80.6 Å². The summed E-state index contributed by atoms with van der Waals surface area (Å²) in [5.41, 5.74) is 5.48. The second kappa shape index (κ2) is 12.6. The molecular weight excluding hydrogens is 605 g/mol. The molecule has 0 spiro atoms. The van der Waals surface area contributed by atoms with Gasteiger partial charge in [0.05, 0.1) is 24.3 Å². The van der Waals surface area contributed by atoms with Crippen molar-refractivity contribution in [3.8, 4) is 11.3 Å². The number of rotatable bonds is 8. The second-order valence-electron chi connectivity index (χ2n) is 16.0. The van der Waals surface area contributed by atoms with Gasteiger partial charge in [-0.25, -0.2) is 0 Å². The lowest BCUT2D eigenvalue weighted by atomic mass is 9.72. The van der Waals surface area contributed by atoms with Crippen LogP contribution in [0.5, 0.6) is 0 Å². The zero-order valence-electron chi connectivity index (χ0n) is 29.4. The van der Waals surface area contributed by atoms with Crippen molar-refractivity contribution in [3.05, 3.63) is 45.8 Å². The third-order valence-corrected chi connectivity index (χ3v) is 13.5. The zero-order valence-corrected chi connectivity index (χ0v) is 30.2. The van der Waals surface area contributed by atoms with Crippen LogP contribution in [0.25, 0.3) is 21.5 Å². The van der Waals surface area contributed by atoms with Gasteiger partial charge in [-0.15, -0.1) is 11.3 Å². The summed E-state index contributed by atoms with van der Waals surface area (Å²) < 4.78 is 5.49. The van der Waals surface area contributed by atoms with Crippen LogP contribution in [0.2, 0.25) is 0 Å². The highest BCUT2D eigenvalue weighted by atomic mass is 32.1. The van der Waals surface area contributed by atoms with Gasteiger partial charge in [0.1, 0.15) is 4.83 Å². The number of fused-ring (bicyclic) bond motifs is 3. The van der Waals surface area contributed by atoms with Crippen LogP contribution in [0.15, 0.2) is 24.3 Å². The number of thiophene rings is 1. The highest BCUT2D eigenvalue weighted by molar-refractivity contribution is 7.19. The molecule has 4 aliphatic rings. The first-order valence-corrected chi connectivity index (χ1v) is 18.9. The maximum absolute atomic E-state index is 14.0. The Balaban J connectivity index is 1.10. The molecular formula is C39H54N4O3S. The van der Waals surface area contributed by atoms with E-state index in [1.54, 1.807) is 11.3 Å². The molecule has 6 heterocycles. The van der Waals surface area contributed by atoms with E-state index in [1.807, 2.05) is 4.90 Å². The molecule has 1 aromatic carbocycles. The fourth-order valence-corrected chi connectivity index (χ4v) is 10.3. The Morgan fingerprint density at radius 2 is 1.47 bits per heavy atom. The average Bonchev–Trinajstić information content (AvgIpc) is 3.84. The SMILES string of the molecule is Cc1cc(C)cc(-c2[nH]c3sc(C(C)(C)C(=O)N4C5CCC4CC5)cc3c2CCN2CCC(C(C)(C)C(=O)N3CCOCC3)CC2)c1. The smallest absolute Gasteiger partial charge is 0.233 e. The monoisotopic (exact) mass is 658 g/mol. The van der Waals surface area contributed by atoms with Gasteiger partial charge >= 0.3 is 0 Å². The van der Waals surface area contributed by atoms with Gasteiger partial charge in [0.25, 0.3) is 0 Å². The maximum atomic E-state index is 14.0. The lowest BCUT2D eigenvalue weighted by molar-refractivity contribution is -0.148. The summed E-state index contributed by atoms with van der Waals surface area (Å²) in [5, 5.41) is 1.27. The minimum atomic E-state index is -0.541. The van der Waals surface area contributed by atoms with Crippen LogP contribution < -0.4 is 0 Å². The van der Waals surface area contributed by atoms with Crippen molar-refractivity contribution in [2.45, 2.75) is 104 Å². The number of H-pyrrole nitrogens is 1. The standard InChI is InChI=1S/C39H54N4O3S/c1-25-21-26(2)23-27(22-25)34-31(13-16-41-14-11-28(12-15-41)38(3,4)36(44)42-17-19-46-20-18-42)32-24-33(47-35(32)40-34)39(5,6)37(45)43-29-7-8-30(43)10-9-29/h21-24,28-30,40H,7-20H2,1-6H3. The Morgan fingerprint density at radius 3 is 2.09 bits per heavy atom. The molecule has 0 saturated carbocycles. The number of aryl methyl sites for hydroxylation is 2. The predicted octanol–water partition coefficient (Wildman–Crippen LogP) is 7.08. The summed E-state index contributed by atoms with van der Waals surface area (Å²) in [6, 6.07) is 10.0. The molecule has 2 bridgehead atoms. The van der Waals surface area contributed by atoms with Crippen LogP contribution >= 0.6 is 11.3 Å². The Hall–Kier alpha value is -2.68.